The summed E-state index contributed by atoms with van der Waals surface area (Å²) < 4.78 is 1.89. The topological polar surface area (TPSA) is 51.0 Å². The highest BCUT2D eigenvalue weighted by Crippen LogP contribution is 2.22. The van der Waals surface area contributed by atoms with Gasteiger partial charge in [-0.25, -0.2) is 9.67 Å². The summed E-state index contributed by atoms with van der Waals surface area (Å²) in [5.41, 5.74) is 3.33. The second-order valence-corrected chi connectivity index (χ2v) is 7.23. The van der Waals surface area contributed by atoms with E-state index in [1.165, 1.54) is 0 Å². The number of aromatic nitrogens is 3. The molecular formula is C21H26N4O. The lowest BCUT2D eigenvalue weighted by molar-refractivity contribution is 0.0689. The number of carbonyl (C=O) groups excluding carboxylic acids is 1. The van der Waals surface area contributed by atoms with Crippen LogP contribution in [0.5, 0.6) is 0 Å². The zero-order valence-corrected chi connectivity index (χ0v) is 16.1. The summed E-state index contributed by atoms with van der Waals surface area (Å²) in [4.78, 5) is 19.8. The number of benzene rings is 1. The lowest BCUT2D eigenvalue weighted by atomic mass is 10.1. The molecule has 0 atom stereocenters. The minimum absolute atomic E-state index is 0.00745. The molecule has 1 amide bonds. The van der Waals surface area contributed by atoms with Crippen molar-refractivity contribution in [1.29, 1.82) is 0 Å². The second-order valence-electron chi connectivity index (χ2n) is 7.23. The first-order valence-corrected chi connectivity index (χ1v) is 9.08. The van der Waals surface area contributed by atoms with Crippen molar-refractivity contribution in [2.75, 3.05) is 0 Å². The molecule has 5 heteroatoms. The molecule has 0 aliphatic rings. The molecule has 0 saturated carbocycles. The number of rotatable bonds is 5. The average molecular weight is 350 g/mol. The molecule has 3 aromatic rings. The maximum Gasteiger partial charge on any atom is 0.256 e. The van der Waals surface area contributed by atoms with Crippen molar-refractivity contribution in [1.82, 2.24) is 19.7 Å². The largest absolute Gasteiger partial charge is 0.332 e. The number of hydrogen-bond donors (Lipinski definition) is 0. The van der Waals surface area contributed by atoms with Crippen molar-refractivity contribution < 1.29 is 4.79 Å². The predicted octanol–water partition coefficient (Wildman–Crippen LogP) is 4.37. The fourth-order valence-electron chi connectivity index (χ4n) is 3.08. The average Bonchev–Trinajstić information content (AvgIpc) is 3.02. The first kappa shape index (κ1) is 18.1. The van der Waals surface area contributed by atoms with Crippen molar-refractivity contribution in [3.63, 3.8) is 0 Å². The zero-order chi connectivity index (χ0) is 18.8. The predicted molar refractivity (Wildman–Crippen MR) is 104 cm³/mol. The highest BCUT2D eigenvalue weighted by molar-refractivity contribution is 5.98. The molecule has 0 N–H and O–H groups in total. The molecule has 0 bridgehead atoms. The third-order valence-corrected chi connectivity index (χ3v) is 4.56. The van der Waals surface area contributed by atoms with Gasteiger partial charge in [-0.15, -0.1) is 0 Å². The number of carbonyl (C=O) groups is 1. The Morgan fingerprint density at radius 1 is 1.15 bits per heavy atom. The fourth-order valence-corrected chi connectivity index (χ4v) is 3.08. The van der Waals surface area contributed by atoms with Gasteiger partial charge in [0.25, 0.3) is 5.91 Å². The number of amides is 1. The van der Waals surface area contributed by atoms with Gasteiger partial charge in [0.1, 0.15) is 0 Å². The van der Waals surface area contributed by atoms with Gasteiger partial charge < -0.3 is 4.90 Å². The summed E-state index contributed by atoms with van der Waals surface area (Å²) in [5, 5.41) is 5.31. The molecule has 0 radical (unpaired) electrons. The molecule has 0 fully saturated rings. The van der Waals surface area contributed by atoms with E-state index in [1.54, 1.807) is 6.20 Å². The van der Waals surface area contributed by atoms with Gasteiger partial charge in [-0.1, -0.05) is 30.3 Å². The van der Waals surface area contributed by atoms with Gasteiger partial charge in [0, 0.05) is 24.0 Å². The Bertz CT molecular complexity index is 912. The molecule has 0 spiro atoms. The molecule has 0 saturated heterocycles. The van der Waals surface area contributed by atoms with E-state index in [9.17, 15) is 4.79 Å². The van der Waals surface area contributed by atoms with Crippen LogP contribution in [0, 0.1) is 6.92 Å². The molecule has 0 unspecified atom stereocenters. The summed E-state index contributed by atoms with van der Waals surface area (Å²) in [6, 6.07) is 12.3. The van der Waals surface area contributed by atoms with Crippen LogP contribution in [0.4, 0.5) is 0 Å². The van der Waals surface area contributed by atoms with E-state index in [1.807, 2.05) is 66.8 Å². The van der Waals surface area contributed by atoms with E-state index in [4.69, 9.17) is 0 Å². The van der Waals surface area contributed by atoms with E-state index < -0.39 is 0 Å². The molecule has 136 valence electrons. The van der Waals surface area contributed by atoms with Crippen LogP contribution in [0.25, 0.3) is 11.0 Å². The summed E-state index contributed by atoms with van der Waals surface area (Å²) in [5.74, 6) is 0.00745. The Morgan fingerprint density at radius 2 is 1.85 bits per heavy atom. The number of fused-ring (bicyclic) bond motifs is 1. The van der Waals surface area contributed by atoms with E-state index in [2.05, 4.69) is 23.9 Å². The maximum absolute atomic E-state index is 13.3. The standard InChI is InChI=1S/C21H26N4O/c1-14(2)24(13-17-9-7-6-8-10-17)21(26)19-11-18-12-22-25(15(3)4)20(18)23-16(19)5/h6-12,14-15H,13H2,1-5H3. The van der Waals surface area contributed by atoms with Crippen LogP contribution >= 0.6 is 0 Å². The summed E-state index contributed by atoms with van der Waals surface area (Å²) in [6.45, 7) is 10.7. The molecular weight excluding hydrogens is 324 g/mol. The Balaban J connectivity index is 1.97. The van der Waals surface area contributed by atoms with Crippen LogP contribution in [0.1, 0.15) is 55.4 Å². The highest BCUT2D eigenvalue weighted by Gasteiger charge is 2.22. The van der Waals surface area contributed by atoms with Crippen molar-refractivity contribution >= 4 is 16.9 Å². The minimum Gasteiger partial charge on any atom is -0.332 e. The van der Waals surface area contributed by atoms with Gasteiger partial charge in [-0.3, -0.25) is 4.79 Å². The molecule has 0 aliphatic carbocycles. The first-order chi connectivity index (χ1) is 12.4. The summed E-state index contributed by atoms with van der Waals surface area (Å²) in [7, 11) is 0. The SMILES string of the molecule is Cc1nc2c(cnn2C(C)C)cc1C(=O)N(Cc1ccccc1)C(C)C. The van der Waals surface area contributed by atoms with Crippen LogP contribution in [-0.2, 0) is 6.54 Å². The van der Waals surface area contributed by atoms with Crippen LogP contribution < -0.4 is 0 Å². The second kappa shape index (κ2) is 7.28. The third kappa shape index (κ3) is 3.47. The Hall–Kier alpha value is -2.69. The summed E-state index contributed by atoms with van der Waals surface area (Å²) >= 11 is 0. The van der Waals surface area contributed by atoms with E-state index >= 15 is 0 Å². The smallest absolute Gasteiger partial charge is 0.256 e. The number of hydrogen-bond acceptors (Lipinski definition) is 3. The van der Waals surface area contributed by atoms with Crippen molar-refractivity contribution in [3.05, 3.63) is 59.4 Å². The molecule has 0 aliphatic heterocycles. The maximum atomic E-state index is 13.3. The quantitative estimate of drug-likeness (QED) is 0.686. The van der Waals surface area contributed by atoms with Gasteiger partial charge in [0.15, 0.2) is 5.65 Å². The van der Waals surface area contributed by atoms with E-state index in [0.717, 1.165) is 22.3 Å². The molecule has 26 heavy (non-hydrogen) atoms. The lowest BCUT2D eigenvalue weighted by Gasteiger charge is -2.27. The normalized spacial score (nSPS) is 11.5. The van der Waals surface area contributed by atoms with Crippen molar-refractivity contribution in [3.8, 4) is 0 Å². The Labute approximate surface area is 154 Å². The first-order valence-electron chi connectivity index (χ1n) is 9.08. The molecule has 1 aromatic carbocycles. The third-order valence-electron chi connectivity index (χ3n) is 4.56. The monoisotopic (exact) mass is 350 g/mol. The Morgan fingerprint density at radius 3 is 2.46 bits per heavy atom. The van der Waals surface area contributed by atoms with Gasteiger partial charge in [0.2, 0.25) is 0 Å². The zero-order valence-electron chi connectivity index (χ0n) is 16.1. The van der Waals surface area contributed by atoms with Crippen LogP contribution in [0.15, 0.2) is 42.6 Å². The Kier molecular flexibility index (Phi) is 5.07. The van der Waals surface area contributed by atoms with Crippen molar-refractivity contribution in [2.24, 2.45) is 0 Å². The van der Waals surface area contributed by atoms with E-state index in [-0.39, 0.29) is 18.0 Å². The van der Waals surface area contributed by atoms with Crippen LogP contribution in [-0.4, -0.2) is 31.6 Å². The molecule has 3 rings (SSSR count). The van der Waals surface area contributed by atoms with Gasteiger partial charge >= 0.3 is 0 Å². The molecule has 2 aromatic heterocycles. The lowest BCUT2D eigenvalue weighted by Crippen LogP contribution is -2.36. The molecule has 2 heterocycles. The van der Waals surface area contributed by atoms with Gasteiger partial charge in [-0.2, -0.15) is 5.10 Å². The van der Waals surface area contributed by atoms with Crippen LogP contribution in [0.3, 0.4) is 0 Å². The fraction of sp³-hybridized carbons (Fsp3) is 0.381. The van der Waals surface area contributed by atoms with Gasteiger partial charge in [0.05, 0.1) is 17.5 Å². The molecule has 5 nitrogen and oxygen atoms in total. The number of aryl methyl sites for hydroxylation is 1. The summed E-state index contributed by atoms with van der Waals surface area (Å²) in [6.07, 6.45) is 1.79. The number of nitrogens with zero attached hydrogens (tertiary/aromatic N) is 4. The van der Waals surface area contributed by atoms with Crippen LogP contribution in [0.2, 0.25) is 0 Å². The minimum atomic E-state index is 0.00745. The van der Waals surface area contributed by atoms with E-state index in [0.29, 0.717) is 12.1 Å². The van der Waals surface area contributed by atoms with Crippen molar-refractivity contribution in [2.45, 2.75) is 53.2 Å². The number of pyridine rings is 1. The highest BCUT2D eigenvalue weighted by atomic mass is 16.2. The van der Waals surface area contributed by atoms with Gasteiger partial charge in [-0.05, 0) is 46.2 Å².